The van der Waals surface area contributed by atoms with Crippen LogP contribution in [0.4, 0.5) is 0 Å². The van der Waals surface area contributed by atoms with Crippen molar-refractivity contribution in [2.24, 2.45) is 0 Å². The van der Waals surface area contributed by atoms with Crippen molar-refractivity contribution >= 4 is 43.1 Å². The lowest BCUT2D eigenvalue weighted by Crippen LogP contribution is -2.13. The highest BCUT2D eigenvalue weighted by molar-refractivity contribution is 6.32. The first kappa shape index (κ1) is 20.2. The van der Waals surface area contributed by atoms with Crippen LogP contribution < -0.4 is 10.9 Å². The van der Waals surface area contributed by atoms with Crippen LogP contribution in [-0.4, -0.2) is 5.11 Å². The molecular weight excluding hydrogens is 432 g/mol. The van der Waals surface area contributed by atoms with Crippen LogP contribution >= 0.6 is 0 Å². The average molecular weight is 455 g/mol. The molecule has 1 N–H and O–H groups in total. The van der Waals surface area contributed by atoms with Crippen LogP contribution in [0.15, 0.2) is 82.4 Å². The van der Waals surface area contributed by atoms with Crippen molar-refractivity contribution in [1.82, 2.24) is 0 Å². The molecular formula is C32H22O3. The molecule has 0 aliphatic heterocycles. The van der Waals surface area contributed by atoms with Gasteiger partial charge in [-0.05, 0) is 34.2 Å². The first-order chi connectivity index (χ1) is 16.8. The molecule has 168 valence electrons. The van der Waals surface area contributed by atoms with E-state index in [1.165, 1.54) is 5.56 Å². The average Bonchev–Trinajstić information content (AvgIpc) is 2.86. The molecule has 5 aromatic carbocycles. The molecule has 0 heterocycles. The molecule has 0 fully saturated rings. The monoisotopic (exact) mass is 454 g/mol. The van der Waals surface area contributed by atoms with Gasteiger partial charge in [0.1, 0.15) is 5.75 Å². The Morgan fingerprint density at radius 3 is 1.77 bits per heavy atom. The Hall–Kier alpha value is -4.24. The smallest absolute Gasteiger partial charge is 0.194 e. The predicted octanol–water partition coefficient (Wildman–Crippen LogP) is 7.11. The molecule has 0 aromatic heterocycles. The van der Waals surface area contributed by atoms with Gasteiger partial charge in [0.15, 0.2) is 10.9 Å². The fraction of sp³-hybridized carbons (Fsp3) is 0.125. The Bertz CT molecular complexity index is 2010. The molecule has 0 amide bonds. The Morgan fingerprint density at radius 1 is 0.571 bits per heavy atom. The third-order valence-corrected chi connectivity index (χ3v) is 7.59. The third-order valence-electron chi connectivity index (χ3n) is 7.59. The van der Waals surface area contributed by atoms with Gasteiger partial charge >= 0.3 is 0 Å². The van der Waals surface area contributed by atoms with E-state index in [0.29, 0.717) is 37.9 Å². The summed E-state index contributed by atoms with van der Waals surface area (Å²) in [4.78, 5) is 27.2. The first-order valence-electron chi connectivity index (χ1n) is 11.8. The normalized spacial score (nSPS) is 12.8. The van der Waals surface area contributed by atoms with Crippen molar-refractivity contribution < 1.29 is 5.11 Å². The van der Waals surface area contributed by atoms with Gasteiger partial charge in [0.2, 0.25) is 0 Å². The lowest BCUT2D eigenvalue weighted by molar-refractivity contribution is 0.488. The van der Waals surface area contributed by atoms with Crippen molar-refractivity contribution in [3.05, 3.63) is 98.8 Å². The maximum absolute atomic E-state index is 13.8. The van der Waals surface area contributed by atoms with Crippen molar-refractivity contribution in [2.75, 3.05) is 0 Å². The molecule has 0 saturated carbocycles. The fourth-order valence-electron chi connectivity index (χ4n) is 5.83. The van der Waals surface area contributed by atoms with Gasteiger partial charge in [-0.1, -0.05) is 81.4 Å². The lowest BCUT2D eigenvalue weighted by Gasteiger charge is -2.22. The SMILES string of the molecule is CC(C)(C)c1ccc(-c2cc3c(O)c4cccc5c(=O)c6cccc7c6-c(c45)c3c(c2)c7=O)cc1. The second kappa shape index (κ2) is 6.45. The summed E-state index contributed by atoms with van der Waals surface area (Å²) in [6, 6.07) is 23.2. The van der Waals surface area contributed by atoms with Gasteiger partial charge in [-0.15, -0.1) is 0 Å². The summed E-state index contributed by atoms with van der Waals surface area (Å²) in [5.74, 6) is 0.110. The zero-order valence-corrected chi connectivity index (χ0v) is 19.7. The van der Waals surface area contributed by atoms with Crippen LogP contribution in [0, 0.1) is 0 Å². The number of phenols is 1. The van der Waals surface area contributed by atoms with Gasteiger partial charge in [0, 0.05) is 54.2 Å². The zero-order valence-electron chi connectivity index (χ0n) is 19.7. The molecule has 0 spiro atoms. The van der Waals surface area contributed by atoms with Crippen LogP contribution in [-0.2, 0) is 5.41 Å². The summed E-state index contributed by atoms with van der Waals surface area (Å²) < 4.78 is 0. The second-order valence-corrected chi connectivity index (χ2v) is 10.6. The molecule has 0 unspecified atom stereocenters. The van der Waals surface area contributed by atoms with Gasteiger partial charge in [-0.3, -0.25) is 9.59 Å². The highest BCUT2D eigenvalue weighted by Gasteiger charge is 2.28. The summed E-state index contributed by atoms with van der Waals surface area (Å²) in [6.07, 6.45) is 0. The van der Waals surface area contributed by atoms with E-state index in [9.17, 15) is 14.7 Å². The minimum atomic E-state index is -0.113. The van der Waals surface area contributed by atoms with E-state index < -0.39 is 0 Å². The Kier molecular flexibility index (Phi) is 3.72. The predicted molar refractivity (Wildman–Crippen MR) is 145 cm³/mol. The minimum Gasteiger partial charge on any atom is -0.507 e. The van der Waals surface area contributed by atoms with E-state index in [1.54, 1.807) is 18.2 Å². The molecule has 7 rings (SSSR count). The molecule has 0 radical (unpaired) electrons. The molecule has 3 nitrogen and oxygen atoms in total. The maximum atomic E-state index is 13.8. The molecule has 2 aliphatic carbocycles. The largest absolute Gasteiger partial charge is 0.507 e. The molecule has 35 heavy (non-hydrogen) atoms. The highest BCUT2D eigenvalue weighted by atomic mass is 16.3. The van der Waals surface area contributed by atoms with Crippen LogP contribution in [0.5, 0.6) is 5.75 Å². The van der Waals surface area contributed by atoms with Gasteiger partial charge in [-0.25, -0.2) is 0 Å². The van der Waals surface area contributed by atoms with Gasteiger partial charge in [0.25, 0.3) is 0 Å². The van der Waals surface area contributed by atoms with Gasteiger partial charge in [-0.2, -0.15) is 0 Å². The van der Waals surface area contributed by atoms with E-state index in [1.807, 2.05) is 30.3 Å². The van der Waals surface area contributed by atoms with Crippen LogP contribution in [0.25, 0.3) is 65.3 Å². The summed E-state index contributed by atoms with van der Waals surface area (Å²) in [7, 11) is 0. The van der Waals surface area contributed by atoms with Crippen molar-refractivity contribution in [3.8, 4) is 28.0 Å². The summed E-state index contributed by atoms with van der Waals surface area (Å²) in [5, 5.41) is 16.4. The topological polar surface area (TPSA) is 54.4 Å². The van der Waals surface area contributed by atoms with Gasteiger partial charge in [0.05, 0.1) is 0 Å². The molecule has 0 bridgehead atoms. The first-order valence-corrected chi connectivity index (χ1v) is 11.8. The number of benzene rings is 7. The zero-order chi connectivity index (χ0) is 24.2. The maximum Gasteiger partial charge on any atom is 0.194 e. The highest BCUT2D eigenvalue weighted by Crippen LogP contribution is 2.50. The summed E-state index contributed by atoms with van der Waals surface area (Å²) in [6.45, 7) is 6.54. The molecule has 0 atom stereocenters. The Morgan fingerprint density at radius 2 is 1.11 bits per heavy atom. The number of hydrogen-bond donors (Lipinski definition) is 1. The lowest BCUT2D eigenvalue weighted by atomic mass is 9.80. The van der Waals surface area contributed by atoms with Crippen molar-refractivity contribution in [3.63, 3.8) is 0 Å². The Balaban J connectivity index is 1.70. The van der Waals surface area contributed by atoms with E-state index >= 15 is 0 Å². The van der Waals surface area contributed by atoms with E-state index in [-0.39, 0.29) is 22.0 Å². The molecule has 5 aromatic rings. The second-order valence-electron chi connectivity index (χ2n) is 10.6. The number of hydrogen-bond acceptors (Lipinski definition) is 3. The quantitative estimate of drug-likeness (QED) is 0.212. The van der Waals surface area contributed by atoms with Crippen LogP contribution in [0.2, 0.25) is 0 Å². The van der Waals surface area contributed by atoms with E-state index in [0.717, 1.165) is 27.5 Å². The number of rotatable bonds is 1. The fourth-order valence-corrected chi connectivity index (χ4v) is 5.83. The van der Waals surface area contributed by atoms with Crippen molar-refractivity contribution in [2.45, 2.75) is 26.2 Å². The summed E-state index contributed by atoms with van der Waals surface area (Å²) in [5.41, 5.74) is 4.51. The van der Waals surface area contributed by atoms with Crippen molar-refractivity contribution in [1.29, 1.82) is 0 Å². The Labute approximate surface area is 201 Å². The molecule has 2 aliphatic rings. The van der Waals surface area contributed by atoms with Crippen LogP contribution in [0.1, 0.15) is 26.3 Å². The number of phenolic OH excluding ortho intramolecular Hbond substituents is 1. The van der Waals surface area contributed by atoms with Gasteiger partial charge < -0.3 is 5.11 Å². The van der Waals surface area contributed by atoms with E-state index in [4.69, 9.17) is 0 Å². The van der Waals surface area contributed by atoms with Crippen LogP contribution in [0.3, 0.4) is 0 Å². The minimum absolute atomic E-state index is 0.0419. The van der Waals surface area contributed by atoms with E-state index in [2.05, 4.69) is 45.0 Å². The summed E-state index contributed by atoms with van der Waals surface area (Å²) >= 11 is 0. The number of aromatic hydroxyl groups is 1. The molecule has 0 saturated heterocycles. The third kappa shape index (κ3) is 2.50. The standard InChI is InChI=1S/C32H22O3/c1-32(2,3)18-12-10-16(11-13-18)17-14-23-27-24(15-17)31(35)22-9-5-7-20-26(22)28(27)25-19(29(20)33)6-4-8-21(25)30(23)34/h4-15,34H,1-3H3. The molecule has 3 heteroatoms.